The molecule has 2 heterocycles. The third-order valence-electron chi connectivity index (χ3n) is 4.60. The molecule has 1 aromatic carbocycles. The van der Waals surface area contributed by atoms with Crippen LogP contribution in [0.3, 0.4) is 0 Å². The van der Waals surface area contributed by atoms with Crippen molar-refractivity contribution in [3.8, 4) is 0 Å². The molecule has 144 valence electrons. The minimum absolute atomic E-state index is 0.172. The van der Waals surface area contributed by atoms with Crippen LogP contribution in [0.5, 0.6) is 0 Å². The zero-order valence-corrected chi connectivity index (χ0v) is 17.2. The fourth-order valence-corrected chi connectivity index (χ4v) is 4.88. The number of nitrogens with one attached hydrogen (secondary N) is 2. The molecule has 2 N–H and O–H groups in total. The Morgan fingerprint density at radius 1 is 1.21 bits per heavy atom. The maximum absolute atomic E-state index is 12.8. The molecule has 9 heteroatoms. The molecule has 0 unspecified atom stereocenters. The molecule has 3 aromatic rings. The average molecular weight is 461 g/mol. The number of hydrogen-bond donors (Lipinski definition) is 2. The molecule has 0 aliphatic heterocycles. The fraction of sp³-hybridized carbons (Fsp3) is 0.263. The van der Waals surface area contributed by atoms with Crippen LogP contribution in [0.15, 0.2) is 39.9 Å². The summed E-state index contributed by atoms with van der Waals surface area (Å²) in [5, 5.41) is 5.89. The van der Waals surface area contributed by atoms with E-state index in [0.29, 0.717) is 11.1 Å². The highest BCUT2D eigenvalue weighted by atomic mass is 79.9. The largest absolute Gasteiger partial charge is 0.345 e. The standard InChI is InChI=1S/C19H17BrN4O3S/c20-12-5-1-2-6-13(12)23-15(25)8-21-16(26)9-24-10-22-18-17(19(24)27)11-4-3-7-14(11)28-18/h1-2,5-6,10H,3-4,7-9H2,(H,21,26)(H,23,25). The second-order valence-electron chi connectivity index (χ2n) is 6.52. The first-order valence-corrected chi connectivity index (χ1v) is 10.4. The van der Waals surface area contributed by atoms with Crippen molar-refractivity contribution >= 4 is 55.0 Å². The van der Waals surface area contributed by atoms with Crippen molar-refractivity contribution in [2.45, 2.75) is 25.8 Å². The topological polar surface area (TPSA) is 93.1 Å². The normalized spacial score (nSPS) is 12.8. The molecule has 0 saturated carbocycles. The van der Waals surface area contributed by atoms with Crippen molar-refractivity contribution in [3.05, 3.63) is 55.9 Å². The van der Waals surface area contributed by atoms with Crippen LogP contribution in [0.1, 0.15) is 16.9 Å². The second kappa shape index (κ2) is 7.84. The van der Waals surface area contributed by atoms with Gasteiger partial charge >= 0.3 is 0 Å². The first-order chi connectivity index (χ1) is 13.5. The molecule has 1 aliphatic rings. The number of nitrogens with zero attached hydrogens (tertiary/aromatic N) is 2. The molecule has 0 fully saturated rings. The number of fused-ring (bicyclic) bond motifs is 3. The minimum atomic E-state index is -0.419. The van der Waals surface area contributed by atoms with Gasteiger partial charge in [0.05, 0.1) is 23.9 Å². The summed E-state index contributed by atoms with van der Waals surface area (Å²) in [6.07, 6.45) is 4.33. The predicted molar refractivity (Wildman–Crippen MR) is 112 cm³/mol. The highest BCUT2D eigenvalue weighted by Crippen LogP contribution is 2.34. The van der Waals surface area contributed by atoms with Crippen molar-refractivity contribution in [2.75, 3.05) is 11.9 Å². The lowest BCUT2D eigenvalue weighted by atomic mass is 10.2. The van der Waals surface area contributed by atoms with Crippen LogP contribution in [0.4, 0.5) is 5.69 Å². The lowest BCUT2D eigenvalue weighted by molar-refractivity contribution is -0.124. The van der Waals surface area contributed by atoms with Crippen LogP contribution in [0.2, 0.25) is 0 Å². The molecule has 7 nitrogen and oxygen atoms in total. The van der Waals surface area contributed by atoms with E-state index < -0.39 is 5.91 Å². The summed E-state index contributed by atoms with van der Waals surface area (Å²) >= 11 is 4.91. The SMILES string of the molecule is O=C(Cn1cnc2sc3c(c2c1=O)CCC3)NCC(=O)Nc1ccccc1Br. The van der Waals surface area contributed by atoms with Crippen LogP contribution in [0, 0.1) is 0 Å². The van der Waals surface area contributed by atoms with Gasteiger partial charge in [-0.25, -0.2) is 4.98 Å². The van der Waals surface area contributed by atoms with Crippen LogP contribution in [-0.4, -0.2) is 27.9 Å². The molecule has 0 radical (unpaired) electrons. The smallest absolute Gasteiger partial charge is 0.262 e. The summed E-state index contributed by atoms with van der Waals surface area (Å²) < 4.78 is 2.05. The van der Waals surface area contributed by atoms with Crippen molar-refractivity contribution in [1.82, 2.24) is 14.9 Å². The number of halogens is 1. The van der Waals surface area contributed by atoms with Gasteiger partial charge in [0.1, 0.15) is 11.4 Å². The van der Waals surface area contributed by atoms with Crippen molar-refractivity contribution in [1.29, 1.82) is 0 Å². The molecule has 0 saturated heterocycles. The molecular formula is C19H17BrN4O3S. The van der Waals surface area contributed by atoms with Gasteiger partial charge in [-0.15, -0.1) is 11.3 Å². The van der Waals surface area contributed by atoms with E-state index in [1.807, 2.05) is 12.1 Å². The Morgan fingerprint density at radius 3 is 2.86 bits per heavy atom. The highest BCUT2D eigenvalue weighted by molar-refractivity contribution is 9.10. The van der Waals surface area contributed by atoms with Crippen LogP contribution < -0.4 is 16.2 Å². The van der Waals surface area contributed by atoms with Gasteiger partial charge in [0.25, 0.3) is 5.56 Å². The van der Waals surface area contributed by atoms with Gasteiger partial charge < -0.3 is 10.6 Å². The summed E-state index contributed by atoms with van der Waals surface area (Å²) in [6, 6.07) is 7.21. The fourth-order valence-electron chi connectivity index (χ4n) is 3.28. The second-order valence-corrected chi connectivity index (χ2v) is 8.46. The Morgan fingerprint density at radius 2 is 2.04 bits per heavy atom. The molecule has 28 heavy (non-hydrogen) atoms. The summed E-state index contributed by atoms with van der Waals surface area (Å²) in [5.74, 6) is -0.769. The number of rotatable bonds is 5. The van der Waals surface area contributed by atoms with Gasteiger partial charge in [-0.2, -0.15) is 0 Å². The summed E-state index contributed by atoms with van der Waals surface area (Å²) in [4.78, 5) is 43.3. The Bertz CT molecular complexity index is 1140. The maximum atomic E-state index is 12.8. The number of anilines is 1. The Kier molecular flexibility index (Phi) is 5.27. The first-order valence-electron chi connectivity index (χ1n) is 8.83. The summed E-state index contributed by atoms with van der Waals surface area (Å²) in [6.45, 7) is -0.354. The quantitative estimate of drug-likeness (QED) is 0.611. The zero-order chi connectivity index (χ0) is 19.7. The van der Waals surface area contributed by atoms with Gasteiger partial charge in [0.2, 0.25) is 11.8 Å². The first kappa shape index (κ1) is 18.8. The number of carbonyl (C=O) groups excluding carboxylic acids is 2. The molecule has 1 aliphatic carbocycles. The van der Waals surface area contributed by atoms with Gasteiger partial charge in [-0.3, -0.25) is 19.0 Å². The Balaban J connectivity index is 1.40. The lowest BCUT2D eigenvalue weighted by Gasteiger charge is -2.09. The number of amides is 2. The van der Waals surface area contributed by atoms with E-state index in [9.17, 15) is 14.4 Å². The van der Waals surface area contributed by atoms with E-state index in [4.69, 9.17) is 0 Å². The van der Waals surface area contributed by atoms with E-state index in [0.717, 1.165) is 34.1 Å². The Labute approximate surface area is 172 Å². The Hall–Kier alpha value is -2.52. The average Bonchev–Trinajstić information content (AvgIpc) is 3.25. The van der Waals surface area contributed by atoms with E-state index >= 15 is 0 Å². The molecule has 0 spiro atoms. The number of thiophene rings is 1. The zero-order valence-electron chi connectivity index (χ0n) is 14.8. The number of para-hydroxylation sites is 1. The molecule has 2 aromatic heterocycles. The monoisotopic (exact) mass is 460 g/mol. The van der Waals surface area contributed by atoms with E-state index in [1.54, 1.807) is 23.5 Å². The van der Waals surface area contributed by atoms with Gasteiger partial charge in [0.15, 0.2) is 0 Å². The van der Waals surface area contributed by atoms with Crippen LogP contribution in [-0.2, 0) is 29.0 Å². The molecular weight excluding hydrogens is 444 g/mol. The number of aromatic nitrogens is 2. The van der Waals surface area contributed by atoms with Crippen molar-refractivity contribution in [3.63, 3.8) is 0 Å². The summed E-state index contributed by atoms with van der Waals surface area (Å²) in [5.41, 5.74) is 1.51. The van der Waals surface area contributed by atoms with Gasteiger partial charge in [-0.1, -0.05) is 12.1 Å². The number of hydrogen-bond acceptors (Lipinski definition) is 5. The van der Waals surface area contributed by atoms with Gasteiger partial charge in [-0.05, 0) is 52.9 Å². The maximum Gasteiger partial charge on any atom is 0.262 e. The molecule has 0 bridgehead atoms. The predicted octanol–water partition coefficient (Wildman–Crippen LogP) is 2.46. The number of benzene rings is 1. The van der Waals surface area contributed by atoms with Crippen LogP contribution in [0.25, 0.3) is 10.2 Å². The van der Waals surface area contributed by atoms with Crippen molar-refractivity contribution in [2.24, 2.45) is 0 Å². The summed E-state index contributed by atoms with van der Waals surface area (Å²) in [7, 11) is 0. The molecule has 4 rings (SSSR count). The van der Waals surface area contributed by atoms with E-state index in [-0.39, 0.29) is 24.6 Å². The van der Waals surface area contributed by atoms with Crippen LogP contribution >= 0.6 is 27.3 Å². The highest BCUT2D eigenvalue weighted by Gasteiger charge is 2.21. The number of carbonyl (C=O) groups is 2. The minimum Gasteiger partial charge on any atom is -0.345 e. The van der Waals surface area contributed by atoms with E-state index in [2.05, 4.69) is 31.5 Å². The lowest BCUT2D eigenvalue weighted by Crippen LogP contribution is -2.37. The third kappa shape index (κ3) is 3.72. The van der Waals surface area contributed by atoms with Crippen molar-refractivity contribution < 1.29 is 9.59 Å². The van der Waals surface area contributed by atoms with Gasteiger partial charge in [0, 0.05) is 9.35 Å². The third-order valence-corrected chi connectivity index (χ3v) is 6.49. The molecule has 0 atom stereocenters. The number of aryl methyl sites for hydroxylation is 2. The molecule has 2 amide bonds. The van der Waals surface area contributed by atoms with E-state index in [1.165, 1.54) is 15.8 Å².